The van der Waals surface area contributed by atoms with Gasteiger partial charge in [-0.25, -0.2) is 0 Å². The van der Waals surface area contributed by atoms with Gasteiger partial charge in [0.2, 0.25) is 59.1 Å². The molecule has 25 N–H and O–H groups in total. The smallest absolute Gasteiger partial charge is 0.255 e. The van der Waals surface area contributed by atoms with Gasteiger partial charge in [0.05, 0.1) is 19.1 Å². The van der Waals surface area contributed by atoms with Gasteiger partial charge in [0.1, 0.15) is 48.0 Å². The lowest BCUT2D eigenvalue weighted by Crippen LogP contribution is -2.63. The highest BCUT2D eigenvalue weighted by Crippen LogP contribution is 2.21. The number of phenolic OH excluding ortho intramolecular Hbond substituents is 1. The first kappa shape index (κ1) is 75.8. The Kier molecular flexibility index (Phi) is 32.2. The van der Waals surface area contributed by atoms with Crippen LogP contribution in [0.4, 0.5) is 0 Å². The summed E-state index contributed by atoms with van der Waals surface area (Å²) < 4.78 is 0. The Balaban J connectivity index is 1.69. The van der Waals surface area contributed by atoms with E-state index in [9.17, 15) is 62.6 Å². The Hall–Kier alpha value is -9.66. The highest BCUT2D eigenvalue weighted by molar-refractivity contribution is 6.09. The number of nitrogens with zero attached hydrogens (tertiary/aromatic N) is 3. The van der Waals surface area contributed by atoms with Crippen molar-refractivity contribution < 1.29 is 62.6 Å². The maximum absolute atomic E-state index is 14.8. The molecule has 0 aliphatic carbocycles. The summed E-state index contributed by atoms with van der Waals surface area (Å²) in [7, 11) is 0. The van der Waals surface area contributed by atoms with E-state index in [1.165, 1.54) is 12.1 Å². The molecule has 0 bridgehead atoms. The zero-order valence-corrected chi connectivity index (χ0v) is 52.8. The Bertz CT molecular complexity index is 2930. The number of carbonyl (C=O) groups is 12. The van der Waals surface area contributed by atoms with Crippen LogP contribution in [0.2, 0.25) is 0 Å². The molecule has 2 aromatic carbocycles. The van der Waals surface area contributed by atoms with Crippen LogP contribution in [0.5, 0.6) is 5.75 Å². The second kappa shape index (κ2) is 39.6. The van der Waals surface area contributed by atoms with Crippen molar-refractivity contribution in [3.63, 3.8) is 0 Å². The van der Waals surface area contributed by atoms with Crippen LogP contribution in [0.15, 0.2) is 64.6 Å². The molecule has 512 valence electrons. The highest BCUT2D eigenvalue weighted by atomic mass is 16.3. The molecule has 2 aliphatic rings. The number of primary amides is 1. The van der Waals surface area contributed by atoms with E-state index in [4.69, 9.17) is 40.1 Å². The fourth-order valence-corrected chi connectivity index (χ4v) is 10.2. The molecule has 33 nitrogen and oxygen atoms in total. The zero-order valence-electron chi connectivity index (χ0n) is 52.8. The van der Waals surface area contributed by atoms with Gasteiger partial charge in [-0.05, 0) is 119 Å². The van der Waals surface area contributed by atoms with E-state index in [1.54, 1.807) is 56.3 Å². The molecule has 12 amide bonds. The highest BCUT2D eigenvalue weighted by Gasteiger charge is 2.43. The van der Waals surface area contributed by atoms with Crippen molar-refractivity contribution >= 4 is 82.8 Å². The molecule has 0 spiro atoms. The summed E-state index contributed by atoms with van der Waals surface area (Å²) in [6.45, 7) is 2.23. The van der Waals surface area contributed by atoms with Crippen LogP contribution >= 0.6 is 0 Å². The summed E-state index contributed by atoms with van der Waals surface area (Å²) in [6, 6.07) is 1.93. The molecule has 10 atom stereocenters. The van der Waals surface area contributed by atoms with Crippen LogP contribution in [0.3, 0.4) is 0 Å². The summed E-state index contributed by atoms with van der Waals surface area (Å²) in [6.07, 6.45) is 1.68. The molecular weight excluding hydrogens is 1210 g/mol. The van der Waals surface area contributed by atoms with Gasteiger partial charge in [-0.2, -0.15) is 0 Å². The number of nitrogens with two attached hydrogens (primary N) is 7. The van der Waals surface area contributed by atoms with Crippen molar-refractivity contribution in [1.29, 1.82) is 0 Å². The molecule has 2 heterocycles. The topological polar surface area (TPSA) is 555 Å². The first-order valence-electron chi connectivity index (χ1n) is 31.2. The van der Waals surface area contributed by atoms with Crippen LogP contribution in [0, 0.1) is 5.92 Å². The number of rotatable bonds is 30. The minimum absolute atomic E-state index is 0.00527. The second-order valence-electron chi connectivity index (χ2n) is 22.9. The number of phenols is 1. The Morgan fingerprint density at radius 2 is 1.27 bits per heavy atom. The van der Waals surface area contributed by atoms with E-state index in [0.29, 0.717) is 36.9 Å². The van der Waals surface area contributed by atoms with Gasteiger partial charge < -0.3 is 103 Å². The van der Waals surface area contributed by atoms with Crippen molar-refractivity contribution in [2.75, 3.05) is 45.8 Å². The Labute approximate surface area is 539 Å². The molecular formula is C60H94N20O13. The molecule has 0 saturated carbocycles. The van der Waals surface area contributed by atoms with Crippen LogP contribution in [-0.4, -0.2) is 193 Å². The summed E-state index contributed by atoms with van der Waals surface area (Å²) in [5.41, 5.74) is 40.8. The number of hydrogen-bond acceptors (Lipinski definition) is 17. The summed E-state index contributed by atoms with van der Waals surface area (Å²) in [5.74, 6) is -11.5. The van der Waals surface area contributed by atoms with Crippen molar-refractivity contribution in [2.45, 2.75) is 165 Å². The zero-order chi connectivity index (χ0) is 68.6. The summed E-state index contributed by atoms with van der Waals surface area (Å²) >= 11 is 0. The van der Waals surface area contributed by atoms with Crippen molar-refractivity contribution in [3.05, 3.63) is 65.7 Å². The maximum atomic E-state index is 14.8. The minimum atomic E-state index is -2.00. The van der Waals surface area contributed by atoms with E-state index in [-0.39, 0.29) is 121 Å². The average molecular weight is 1300 g/mol. The maximum Gasteiger partial charge on any atom is 0.255 e. The minimum Gasteiger partial charge on any atom is -0.508 e. The van der Waals surface area contributed by atoms with E-state index >= 15 is 0 Å². The normalized spacial score (nSPS) is 20.4. The van der Waals surface area contributed by atoms with Crippen molar-refractivity contribution in [1.82, 2.24) is 58.1 Å². The fraction of sp³-hybridized carbons (Fsp3) is 0.567. The van der Waals surface area contributed by atoms with Crippen LogP contribution in [0.25, 0.3) is 0 Å². The molecule has 2 fully saturated rings. The molecule has 0 unspecified atom stereocenters. The number of guanidine groups is 2. The lowest BCUT2D eigenvalue weighted by Gasteiger charge is -2.31. The number of unbranched alkanes of at least 4 members (excludes halogenated alkanes) is 1. The second-order valence-corrected chi connectivity index (χ2v) is 22.9. The number of carbonyl (C=O) groups excluding carboxylic acids is 12. The Morgan fingerprint density at radius 3 is 1.88 bits per heavy atom. The monoisotopic (exact) mass is 1300 g/mol. The number of nitrogens with one attached hydrogen (secondary N) is 10. The van der Waals surface area contributed by atoms with Gasteiger partial charge in [0.25, 0.3) is 11.8 Å². The number of amides is 12. The number of benzene rings is 2. The Morgan fingerprint density at radius 1 is 0.656 bits per heavy atom. The summed E-state index contributed by atoms with van der Waals surface area (Å²) in [5, 5.41) is 35.5. The third-order valence-corrected chi connectivity index (χ3v) is 15.6. The SMILES string of the molecule is CC[C@H](C)[C@@H]1NC(=O)[C@H](CCCN=C(N)N)NC(=O)[C@H](CCCN=C(N)N)NC(=O)[C@@H](NC(=O)[C@H](Cc2ccccc2)NC(=O)CNC(=O)CNC(=O)[C@@H](N)Cc2ccc(O)cc2)CCCCNC(=O)[C@H](C(=O)N2CCC[C@H]2C(=O)N[C@@H](CCCCN)C(N)=O)NC1=O. The van der Waals surface area contributed by atoms with Gasteiger partial charge in [-0.1, -0.05) is 62.7 Å². The van der Waals surface area contributed by atoms with Crippen LogP contribution in [-0.2, 0) is 70.4 Å². The van der Waals surface area contributed by atoms with Crippen LogP contribution in [0.1, 0.15) is 108 Å². The molecule has 2 aliphatic heterocycles. The first-order chi connectivity index (χ1) is 44.3. The molecule has 0 radical (unpaired) electrons. The van der Waals surface area contributed by atoms with Gasteiger partial charge >= 0.3 is 0 Å². The largest absolute Gasteiger partial charge is 0.508 e. The van der Waals surface area contributed by atoms with E-state index < -0.39 is 144 Å². The van der Waals surface area contributed by atoms with Crippen molar-refractivity contribution in [2.24, 2.45) is 56.0 Å². The fourth-order valence-electron chi connectivity index (χ4n) is 10.2. The first-order valence-corrected chi connectivity index (χ1v) is 31.2. The number of aromatic hydroxyl groups is 1. The number of aliphatic imine (C=N–C) groups is 2. The van der Waals surface area contributed by atoms with Gasteiger partial charge in [0, 0.05) is 32.6 Å². The predicted molar refractivity (Wildman–Crippen MR) is 342 cm³/mol. The van der Waals surface area contributed by atoms with E-state index in [0.717, 1.165) is 4.90 Å². The molecule has 0 aromatic heterocycles. The molecule has 4 rings (SSSR count). The third-order valence-electron chi connectivity index (χ3n) is 15.6. The number of hydrogen-bond donors (Lipinski definition) is 18. The van der Waals surface area contributed by atoms with Crippen LogP contribution < -0.4 is 93.3 Å². The molecule has 33 heteroatoms. The van der Waals surface area contributed by atoms with Gasteiger partial charge in [-0.15, -0.1) is 0 Å². The standard InChI is InChI=1S/C60H94N20O13/c1-3-34(2)47-57(92)79-48(58(93)80-29-13-20-44(80)55(90)74-39(49(63)84)16-7-9-25-61)56(91)68-26-10-8-17-40(51(86)75-41(18-11-27-69-59(64)65)52(87)76-42(53(88)78-47)19-12-28-70-60(66)67)77-54(89)43(31-35-14-5-4-6-15-35)73-46(83)33-71-45(82)32-72-50(85)38(62)30-36-21-23-37(81)24-22-36/h4-6,14-15,21-24,34,38-44,47-48,81H,3,7-13,16-20,25-33,61-62H2,1-2H3,(H2,63,84)(H,68,91)(H,71,82)(H,72,85)(H,73,83)(H,74,90)(H,75,86)(H,76,87)(H,77,89)(H,78,88)(H,79,92)(H4,64,65,69)(H4,66,67,70)/t34-,38-,39-,40-,41-,42-,43-,44-,47-,48+/m0/s1. The average Bonchev–Trinajstić information content (AvgIpc) is 1.85. The van der Waals surface area contributed by atoms with Gasteiger partial charge in [0.15, 0.2) is 18.0 Å². The quantitative estimate of drug-likeness (QED) is 0.0150. The lowest BCUT2D eigenvalue weighted by atomic mass is 9.97. The number of likely N-dealkylation sites (tertiary alicyclic amines) is 1. The molecule has 2 saturated heterocycles. The van der Waals surface area contributed by atoms with Crippen molar-refractivity contribution in [3.8, 4) is 5.75 Å². The van der Waals surface area contributed by atoms with Gasteiger partial charge in [-0.3, -0.25) is 67.5 Å². The predicted octanol–water partition coefficient (Wildman–Crippen LogP) is -5.81. The van der Waals surface area contributed by atoms with E-state index in [2.05, 4.69) is 63.2 Å². The third kappa shape index (κ3) is 26.6. The lowest BCUT2D eigenvalue weighted by molar-refractivity contribution is -0.146. The summed E-state index contributed by atoms with van der Waals surface area (Å²) in [4.78, 5) is 177. The van der Waals surface area contributed by atoms with E-state index in [1.807, 2.05) is 0 Å². The molecule has 2 aromatic rings. The molecule has 93 heavy (non-hydrogen) atoms.